The van der Waals surface area contributed by atoms with Crippen molar-refractivity contribution in [1.82, 2.24) is 4.90 Å². The number of fused-ring (bicyclic) bond motifs is 4. The van der Waals surface area contributed by atoms with Crippen LogP contribution in [0.1, 0.15) is 49.1 Å². The number of rotatable bonds is 1. The predicted octanol–water partition coefficient (Wildman–Crippen LogP) is 5.01. The van der Waals surface area contributed by atoms with Crippen molar-refractivity contribution >= 4 is 17.4 Å². The summed E-state index contributed by atoms with van der Waals surface area (Å²) in [5, 5.41) is 0. The Morgan fingerprint density at radius 2 is 1.69 bits per heavy atom. The van der Waals surface area contributed by atoms with Gasteiger partial charge in [-0.15, -0.1) is 0 Å². The number of amides is 1. The predicted molar refractivity (Wildman–Crippen MR) is 101 cm³/mol. The van der Waals surface area contributed by atoms with Gasteiger partial charge in [-0.1, -0.05) is 48.5 Å². The zero-order valence-electron chi connectivity index (χ0n) is 15.6. The summed E-state index contributed by atoms with van der Waals surface area (Å²) in [6, 6.07) is 16.3. The van der Waals surface area contributed by atoms with Crippen molar-refractivity contribution in [3.05, 3.63) is 70.8 Å². The second-order valence-corrected chi connectivity index (χ2v) is 7.69. The lowest BCUT2D eigenvalue weighted by molar-refractivity contribution is 0.0340. The molecule has 1 aliphatic carbocycles. The van der Waals surface area contributed by atoms with Crippen LogP contribution in [-0.2, 0) is 16.0 Å². The molecule has 1 amide bonds. The van der Waals surface area contributed by atoms with Gasteiger partial charge >= 0.3 is 6.09 Å². The van der Waals surface area contributed by atoms with Crippen molar-refractivity contribution in [1.29, 1.82) is 0 Å². The van der Waals surface area contributed by atoms with Gasteiger partial charge in [-0.05, 0) is 37.5 Å². The number of hydrogen-bond acceptors (Lipinski definition) is 3. The fraction of sp³-hybridized carbons (Fsp3) is 0.318. The smallest absolute Gasteiger partial charge is 0.415 e. The summed E-state index contributed by atoms with van der Waals surface area (Å²) in [5.41, 5.74) is 5.77. The van der Waals surface area contributed by atoms with Crippen LogP contribution in [0.5, 0.6) is 0 Å². The second kappa shape index (κ2) is 5.99. The van der Waals surface area contributed by atoms with Crippen molar-refractivity contribution in [3.63, 3.8) is 0 Å². The minimum Gasteiger partial charge on any atom is -0.443 e. The highest BCUT2D eigenvalue weighted by molar-refractivity contribution is 6.04. The molecular formula is C22H23NO3. The Morgan fingerprint density at radius 3 is 2.38 bits per heavy atom. The lowest BCUT2D eigenvalue weighted by atomic mass is 9.92. The van der Waals surface area contributed by atoms with Crippen molar-refractivity contribution in [2.75, 3.05) is 7.11 Å². The molecule has 1 atom stereocenters. The van der Waals surface area contributed by atoms with Gasteiger partial charge in [0.05, 0.1) is 12.2 Å². The Bertz CT molecular complexity index is 908. The lowest BCUT2D eigenvalue weighted by Gasteiger charge is -2.33. The highest BCUT2D eigenvalue weighted by Gasteiger charge is 2.41. The number of benzene rings is 2. The summed E-state index contributed by atoms with van der Waals surface area (Å²) in [6.45, 7) is 6.16. The Balaban J connectivity index is 1.91. The van der Waals surface area contributed by atoms with Crippen molar-refractivity contribution in [2.45, 2.75) is 39.0 Å². The van der Waals surface area contributed by atoms with Crippen LogP contribution in [0.3, 0.4) is 0 Å². The molecule has 134 valence electrons. The van der Waals surface area contributed by atoms with Crippen LogP contribution in [-0.4, -0.2) is 23.7 Å². The Hall–Kier alpha value is -2.59. The summed E-state index contributed by atoms with van der Waals surface area (Å²) in [5.74, 6) is 0. The van der Waals surface area contributed by atoms with Crippen LogP contribution >= 0.6 is 0 Å². The minimum absolute atomic E-state index is 0.187. The van der Waals surface area contributed by atoms with Crippen molar-refractivity contribution in [2.24, 2.45) is 0 Å². The molecule has 1 aliphatic heterocycles. The largest absolute Gasteiger partial charge is 0.443 e. The molecule has 2 aromatic carbocycles. The van der Waals surface area contributed by atoms with Crippen LogP contribution in [0.15, 0.2) is 48.5 Å². The van der Waals surface area contributed by atoms with E-state index < -0.39 is 5.60 Å². The molecule has 0 saturated carbocycles. The fourth-order valence-corrected chi connectivity index (χ4v) is 3.81. The molecule has 1 unspecified atom stereocenters. The molecule has 0 bridgehead atoms. The third-order valence-corrected chi connectivity index (χ3v) is 4.77. The van der Waals surface area contributed by atoms with Gasteiger partial charge in [-0.25, -0.2) is 4.79 Å². The summed E-state index contributed by atoms with van der Waals surface area (Å²) in [7, 11) is 1.71. The fourth-order valence-electron chi connectivity index (χ4n) is 3.81. The quantitative estimate of drug-likeness (QED) is 0.727. The number of methoxy groups -OCH3 is 1. The molecule has 1 heterocycles. The van der Waals surface area contributed by atoms with Gasteiger partial charge in [0.15, 0.2) is 0 Å². The average molecular weight is 349 g/mol. The first-order valence-electron chi connectivity index (χ1n) is 8.86. The van der Waals surface area contributed by atoms with Gasteiger partial charge in [0.2, 0.25) is 0 Å². The van der Waals surface area contributed by atoms with Crippen LogP contribution in [0.25, 0.3) is 11.3 Å². The van der Waals surface area contributed by atoms with E-state index >= 15 is 0 Å². The van der Waals surface area contributed by atoms with Gasteiger partial charge < -0.3 is 9.47 Å². The first-order chi connectivity index (χ1) is 12.4. The zero-order valence-corrected chi connectivity index (χ0v) is 15.6. The highest BCUT2D eigenvalue weighted by atomic mass is 16.6. The van der Waals surface area contributed by atoms with Crippen LogP contribution in [0, 0.1) is 0 Å². The van der Waals surface area contributed by atoms with Gasteiger partial charge in [-0.3, -0.25) is 4.90 Å². The molecule has 2 aromatic rings. The Kier molecular flexibility index (Phi) is 3.88. The highest BCUT2D eigenvalue weighted by Crippen LogP contribution is 2.52. The van der Waals surface area contributed by atoms with Gasteiger partial charge in [0.1, 0.15) is 11.7 Å². The Labute approximate surface area is 154 Å². The monoisotopic (exact) mass is 349 g/mol. The molecule has 4 rings (SSSR count). The summed E-state index contributed by atoms with van der Waals surface area (Å²) >= 11 is 0. The maximum Gasteiger partial charge on any atom is 0.415 e. The number of carbonyl (C=O) groups is 1. The van der Waals surface area contributed by atoms with E-state index in [1.807, 2.05) is 45.0 Å². The van der Waals surface area contributed by atoms with Gasteiger partial charge in [-0.2, -0.15) is 0 Å². The third kappa shape index (κ3) is 2.61. The lowest BCUT2D eigenvalue weighted by Crippen LogP contribution is -2.37. The standard InChI is InChI=1S/C22H23NO3/c1-22(2,3)26-21(24)23-13-14-9-5-6-10-15(14)18-19(23)16-11-7-8-12-17(16)20(18)25-4/h5-12,20H,13H2,1-4H3. The topological polar surface area (TPSA) is 38.8 Å². The average Bonchev–Trinajstić information content (AvgIpc) is 2.94. The van der Waals surface area contributed by atoms with Crippen LogP contribution in [0.2, 0.25) is 0 Å². The van der Waals surface area contributed by atoms with E-state index in [2.05, 4.69) is 24.3 Å². The van der Waals surface area contributed by atoms with Crippen LogP contribution < -0.4 is 0 Å². The van der Waals surface area contributed by atoms with Gasteiger partial charge in [0, 0.05) is 18.2 Å². The molecular weight excluding hydrogens is 326 g/mol. The normalized spacial score (nSPS) is 18.3. The molecule has 0 radical (unpaired) electrons. The molecule has 0 aromatic heterocycles. The first-order valence-corrected chi connectivity index (χ1v) is 8.86. The van der Waals surface area contributed by atoms with Crippen molar-refractivity contribution in [3.8, 4) is 0 Å². The maximum absolute atomic E-state index is 13.0. The molecule has 0 saturated heterocycles. The number of nitrogens with zero attached hydrogens (tertiary/aromatic N) is 1. The van der Waals surface area contributed by atoms with E-state index in [0.717, 1.165) is 33.5 Å². The summed E-state index contributed by atoms with van der Waals surface area (Å²) in [4.78, 5) is 14.8. The minimum atomic E-state index is -0.548. The molecule has 26 heavy (non-hydrogen) atoms. The molecule has 4 nitrogen and oxygen atoms in total. The SMILES string of the molecule is COC1C2=C(c3ccccc31)N(C(=O)OC(C)(C)C)Cc1ccccc12. The second-order valence-electron chi connectivity index (χ2n) is 7.69. The molecule has 4 heteroatoms. The number of carbonyl (C=O) groups excluding carboxylic acids is 1. The molecule has 0 spiro atoms. The third-order valence-electron chi connectivity index (χ3n) is 4.77. The number of hydrogen-bond donors (Lipinski definition) is 0. The zero-order chi connectivity index (χ0) is 18.5. The van der Waals surface area contributed by atoms with E-state index in [4.69, 9.17) is 9.47 Å². The van der Waals surface area contributed by atoms with Gasteiger partial charge in [0.25, 0.3) is 0 Å². The Morgan fingerprint density at radius 1 is 1.04 bits per heavy atom. The molecule has 2 aliphatic rings. The van der Waals surface area contributed by atoms with E-state index in [-0.39, 0.29) is 12.2 Å². The van der Waals surface area contributed by atoms with E-state index in [9.17, 15) is 4.79 Å². The van der Waals surface area contributed by atoms with E-state index in [0.29, 0.717) is 6.54 Å². The van der Waals surface area contributed by atoms with Crippen LogP contribution in [0.4, 0.5) is 4.79 Å². The van der Waals surface area contributed by atoms with E-state index in [1.54, 1.807) is 12.0 Å². The summed E-state index contributed by atoms with van der Waals surface area (Å²) < 4.78 is 11.6. The molecule has 0 fully saturated rings. The maximum atomic E-state index is 13.0. The number of ether oxygens (including phenoxy) is 2. The molecule has 0 N–H and O–H groups in total. The van der Waals surface area contributed by atoms with E-state index in [1.165, 1.54) is 0 Å². The van der Waals surface area contributed by atoms with Crippen molar-refractivity contribution < 1.29 is 14.3 Å². The summed E-state index contributed by atoms with van der Waals surface area (Å²) in [6.07, 6.45) is -0.515. The first kappa shape index (κ1) is 16.9.